The standard InChI is InChI=1S/C20H19N3OS/c1-24-16-9-5-8-15(12-16)18-13-25-20-22-19(14-6-3-2-4-7-14)17(10-11-21)23(18)20/h2-9,12-13H,10-11,21H2,1H3. The molecular formula is C20H19N3OS. The molecule has 2 heterocycles. The predicted molar refractivity (Wildman–Crippen MR) is 103 cm³/mol. The fourth-order valence-electron chi connectivity index (χ4n) is 3.09. The van der Waals surface area contributed by atoms with E-state index in [0.29, 0.717) is 6.54 Å². The predicted octanol–water partition coefficient (Wildman–Crippen LogP) is 4.24. The first-order valence-corrected chi connectivity index (χ1v) is 9.08. The molecule has 0 spiro atoms. The number of rotatable bonds is 5. The van der Waals surface area contributed by atoms with Gasteiger partial charge in [-0.25, -0.2) is 4.98 Å². The van der Waals surface area contributed by atoms with Gasteiger partial charge in [0, 0.05) is 22.9 Å². The third-order valence-corrected chi connectivity index (χ3v) is 5.08. The summed E-state index contributed by atoms with van der Waals surface area (Å²) in [4.78, 5) is 5.87. The molecule has 0 unspecified atom stereocenters. The van der Waals surface area contributed by atoms with Gasteiger partial charge in [0.05, 0.1) is 24.2 Å². The van der Waals surface area contributed by atoms with Crippen molar-refractivity contribution >= 4 is 16.3 Å². The van der Waals surface area contributed by atoms with E-state index in [1.807, 2.05) is 30.3 Å². The number of methoxy groups -OCH3 is 1. The molecule has 0 fully saturated rings. The van der Waals surface area contributed by atoms with Crippen LogP contribution in [0, 0.1) is 0 Å². The Morgan fingerprint density at radius 1 is 1.08 bits per heavy atom. The van der Waals surface area contributed by atoms with Gasteiger partial charge < -0.3 is 10.5 Å². The number of ether oxygens (including phenoxy) is 1. The van der Waals surface area contributed by atoms with Gasteiger partial charge in [0.1, 0.15) is 5.75 Å². The van der Waals surface area contributed by atoms with Crippen LogP contribution in [0.15, 0.2) is 60.0 Å². The van der Waals surface area contributed by atoms with Gasteiger partial charge in [0.2, 0.25) is 0 Å². The van der Waals surface area contributed by atoms with Gasteiger partial charge in [-0.15, -0.1) is 11.3 Å². The number of nitrogens with two attached hydrogens (primary N) is 1. The average molecular weight is 349 g/mol. The second-order valence-electron chi connectivity index (χ2n) is 5.78. The molecule has 0 aliphatic rings. The van der Waals surface area contributed by atoms with Gasteiger partial charge in [0.15, 0.2) is 4.96 Å². The van der Waals surface area contributed by atoms with Crippen molar-refractivity contribution in [1.29, 1.82) is 0 Å². The summed E-state index contributed by atoms with van der Waals surface area (Å²) in [6, 6.07) is 18.4. The first-order valence-electron chi connectivity index (χ1n) is 8.20. The summed E-state index contributed by atoms with van der Waals surface area (Å²) in [5.41, 5.74) is 11.4. The van der Waals surface area contributed by atoms with E-state index >= 15 is 0 Å². The summed E-state index contributed by atoms with van der Waals surface area (Å²) < 4.78 is 7.61. The molecule has 0 saturated carbocycles. The molecule has 4 aromatic rings. The van der Waals surface area contributed by atoms with E-state index in [-0.39, 0.29) is 0 Å². The van der Waals surface area contributed by atoms with Crippen molar-refractivity contribution < 1.29 is 4.74 Å². The second-order valence-corrected chi connectivity index (χ2v) is 6.62. The minimum atomic E-state index is 0.584. The van der Waals surface area contributed by atoms with Crippen LogP contribution in [-0.2, 0) is 6.42 Å². The van der Waals surface area contributed by atoms with Gasteiger partial charge in [-0.3, -0.25) is 4.40 Å². The van der Waals surface area contributed by atoms with E-state index in [4.69, 9.17) is 15.5 Å². The van der Waals surface area contributed by atoms with E-state index in [9.17, 15) is 0 Å². The number of thiazole rings is 1. The Balaban J connectivity index is 1.94. The van der Waals surface area contributed by atoms with Gasteiger partial charge in [-0.05, 0) is 18.7 Å². The molecule has 2 N–H and O–H groups in total. The van der Waals surface area contributed by atoms with Crippen LogP contribution in [0.1, 0.15) is 5.69 Å². The molecule has 2 aromatic carbocycles. The van der Waals surface area contributed by atoms with Crippen LogP contribution in [0.5, 0.6) is 5.75 Å². The van der Waals surface area contributed by atoms with Crippen LogP contribution < -0.4 is 10.5 Å². The maximum atomic E-state index is 5.90. The van der Waals surface area contributed by atoms with Gasteiger partial charge in [-0.1, -0.05) is 42.5 Å². The number of benzene rings is 2. The Labute approximate surface area is 150 Å². The zero-order valence-corrected chi connectivity index (χ0v) is 14.8. The second kappa shape index (κ2) is 6.70. The molecule has 0 radical (unpaired) electrons. The molecule has 0 aliphatic carbocycles. The SMILES string of the molecule is COc1cccc(-c2csc3nc(-c4ccccc4)c(CCN)n23)c1. The van der Waals surface area contributed by atoms with Gasteiger partial charge in [0.25, 0.3) is 0 Å². The highest BCUT2D eigenvalue weighted by molar-refractivity contribution is 7.15. The van der Waals surface area contributed by atoms with Gasteiger partial charge >= 0.3 is 0 Å². The normalized spacial score (nSPS) is 11.1. The van der Waals surface area contributed by atoms with E-state index in [0.717, 1.165) is 45.3 Å². The topological polar surface area (TPSA) is 52.5 Å². The molecule has 0 aliphatic heterocycles. The van der Waals surface area contributed by atoms with Crippen LogP contribution >= 0.6 is 11.3 Å². The van der Waals surface area contributed by atoms with Crippen molar-refractivity contribution in [2.24, 2.45) is 5.73 Å². The zero-order chi connectivity index (χ0) is 17.2. The van der Waals surface area contributed by atoms with Crippen LogP contribution in [0.4, 0.5) is 0 Å². The molecular weight excluding hydrogens is 330 g/mol. The summed E-state index contributed by atoms with van der Waals surface area (Å²) in [5, 5.41) is 2.14. The van der Waals surface area contributed by atoms with Crippen LogP contribution in [-0.4, -0.2) is 23.0 Å². The van der Waals surface area contributed by atoms with E-state index < -0.39 is 0 Å². The lowest BCUT2D eigenvalue weighted by atomic mass is 10.1. The maximum Gasteiger partial charge on any atom is 0.194 e. The largest absolute Gasteiger partial charge is 0.497 e. The highest BCUT2D eigenvalue weighted by Gasteiger charge is 2.18. The molecule has 0 saturated heterocycles. The Morgan fingerprint density at radius 2 is 1.88 bits per heavy atom. The number of hydrogen-bond donors (Lipinski definition) is 1. The molecule has 4 nitrogen and oxygen atoms in total. The molecule has 0 atom stereocenters. The van der Waals surface area contributed by atoms with Crippen LogP contribution in [0.2, 0.25) is 0 Å². The molecule has 25 heavy (non-hydrogen) atoms. The van der Waals surface area contributed by atoms with Crippen molar-refractivity contribution in [2.45, 2.75) is 6.42 Å². The van der Waals surface area contributed by atoms with Gasteiger partial charge in [-0.2, -0.15) is 0 Å². The Bertz CT molecular complexity index is 1000. The highest BCUT2D eigenvalue weighted by Crippen LogP contribution is 2.34. The fraction of sp³-hybridized carbons (Fsp3) is 0.150. The average Bonchev–Trinajstić information content (AvgIpc) is 3.23. The monoisotopic (exact) mass is 349 g/mol. The smallest absolute Gasteiger partial charge is 0.194 e. The molecule has 2 aromatic heterocycles. The molecule has 0 amide bonds. The Morgan fingerprint density at radius 3 is 2.64 bits per heavy atom. The molecule has 0 bridgehead atoms. The Hall–Kier alpha value is -2.63. The van der Waals surface area contributed by atoms with Crippen molar-refractivity contribution in [1.82, 2.24) is 9.38 Å². The quantitative estimate of drug-likeness (QED) is 0.586. The summed E-state index contributed by atoms with van der Waals surface area (Å²) in [6.07, 6.45) is 0.777. The van der Waals surface area contributed by atoms with Crippen molar-refractivity contribution in [3.63, 3.8) is 0 Å². The first-order chi connectivity index (χ1) is 12.3. The lowest BCUT2D eigenvalue weighted by Gasteiger charge is -2.08. The lowest BCUT2D eigenvalue weighted by Crippen LogP contribution is -2.06. The molecule has 5 heteroatoms. The number of imidazole rings is 1. The maximum absolute atomic E-state index is 5.90. The minimum absolute atomic E-state index is 0.584. The molecule has 126 valence electrons. The minimum Gasteiger partial charge on any atom is -0.497 e. The highest BCUT2D eigenvalue weighted by atomic mass is 32.1. The fourth-order valence-corrected chi connectivity index (χ4v) is 4.01. The first kappa shape index (κ1) is 15.9. The van der Waals surface area contributed by atoms with E-state index in [1.54, 1.807) is 18.4 Å². The summed E-state index contributed by atoms with van der Waals surface area (Å²) in [7, 11) is 1.69. The summed E-state index contributed by atoms with van der Waals surface area (Å²) in [5.74, 6) is 0.848. The number of fused-ring (bicyclic) bond motifs is 1. The molecule has 4 rings (SSSR count). The summed E-state index contributed by atoms with van der Waals surface area (Å²) >= 11 is 1.65. The van der Waals surface area contributed by atoms with Crippen LogP contribution in [0.3, 0.4) is 0 Å². The van der Waals surface area contributed by atoms with Crippen molar-refractivity contribution in [3.8, 4) is 28.3 Å². The Kier molecular flexibility index (Phi) is 4.26. The van der Waals surface area contributed by atoms with Crippen molar-refractivity contribution in [2.75, 3.05) is 13.7 Å². The third-order valence-electron chi connectivity index (χ3n) is 4.25. The van der Waals surface area contributed by atoms with E-state index in [2.05, 4.69) is 34.0 Å². The van der Waals surface area contributed by atoms with Crippen molar-refractivity contribution in [3.05, 3.63) is 65.7 Å². The lowest BCUT2D eigenvalue weighted by molar-refractivity contribution is 0.415. The number of nitrogens with zero attached hydrogens (tertiary/aromatic N) is 2. The summed E-state index contributed by atoms with van der Waals surface area (Å²) in [6.45, 7) is 0.584. The van der Waals surface area contributed by atoms with E-state index in [1.165, 1.54) is 0 Å². The number of aromatic nitrogens is 2. The number of hydrogen-bond acceptors (Lipinski definition) is 4. The van der Waals surface area contributed by atoms with Crippen LogP contribution in [0.25, 0.3) is 27.5 Å². The third kappa shape index (κ3) is 2.81. The zero-order valence-electron chi connectivity index (χ0n) is 14.0.